The predicted octanol–water partition coefficient (Wildman–Crippen LogP) is 4.19. The van der Waals surface area contributed by atoms with Gasteiger partial charge >= 0.3 is 0 Å². The van der Waals surface area contributed by atoms with E-state index in [4.69, 9.17) is 11.6 Å². The fraction of sp³-hybridized carbons (Fsp3) is 0.0556. The minimum atomic E-state index is -0.184. The number of thioether (sulfide) groups is 1. The van der Waals surface area contributed by atoms with E-state index in [0.29, 0.717) is 5.69 Å². The maximum absolute atomic E-state index is 12.3. The Morgan fingerprint density at radius 1 is 1.24 bits per heavy atom. The number of nitrogens with zero attached hydrogens (tertiary/aromatic N) is 4. The van der Waals surface area contributed by atoms with Crippen molar-refractivity contribution >= 4 is 35.0 Å². The number of carbonyl (C=O) groups is 1. The van der Waals surface area contributed by atoms with Crippen LogP contribution in [0.25, 0.3) is 5.69 Å². The molecule has 0 saturated heterocycles. The summed E-state index contributed by atoms with van der Waals surface area (Å²) in [5, 5.41) is 6.24. The zero-order valence-corrected chi connectivity index (χ0v) is 15.0. The third-order valence-corrected chi connectivity index (χ3v) is 4.50. The number of aromatic nitrogens is 3. The van der Waals surface area contributed by atoms with Crippen LogP contribution in [0.5, 0.6) is 0 Å². The number of anilines is 1. The first-order chi connectivity index (χ1) is 12.1. The molecule has 0 saturated carbocycles. The van der Waals surface area contributed by atoms with Gasteiger partial charge in [0.25, 0.3) is 5.91 Å². The predicted molar refractivity (Wildman–Crippen MR) is 101 cm³/mol. The minimum Gasteiger partial charge on any atom is -0.308 e. The summed E-state index contributed by atoms with van der Waals surface area (Å²) in [5.74, 6) is -0.184. The Kier molecular flexibility index (Phi) is 5.53. The molecule has 0 aliphatic carbocycles. The van der Waals surface area contributed by atoms with E-state index >= 15 is 0 Å². The van der Waals surface area contributed by atoms with Crippen molar-refractivity contribution in [1.82, 2.24) is 14.8 Å². The maximum atomic E-state index is 12.3. The number of hydrogen-bond donors (Lipinski definition) is 0. The van der Waals surface area contributed by atoms with Crippen LogP contribution in [-0.4, -0.2) is 27.7 Å². The van der Waals surface area contributed by atoms with Gasteiger partial charge in [0.15, 0.2) is 5.15 Å². The number of pyridine rings is 1. The molecule has 0 radical (unpaired) electrons. The number of amides is 1. The molecule has 0 atom stereocenters. The number of rotatable bonds is 5. The average molecular weight is 371 g/mol. The van der Waals surface area contributed by atoms with Gasteiger partial charge in [0.2, 0.25) is 0 Å². The molecule has 0 aliphatic heterocycles. The Labute approximate surface area is 154 Å². The molecule has 126 valence electrons. The van der Waals surface area contributed by atoms with Gasteiger partial charge in [-0.2, -0.15) is 5.10 Å². The molecule has 1 amide bonds. The van der Waals surface area contributed by atoms with E-state index in [0.717, 1.165) is 10.6 Å². The summed E-state index contributed by atoms with van der Waals surface area (Å²) in [4.78, 5) is 18.9. The molecule has 7 heteroatoms. The van der Waals surface area contributed by atoms with E-state index in [1.165, 1.54) is 22.7 Å². The molecule has 2 heterocycles. The third-order valence-electron chi connectivity index (χ3n) is 3.41. The number of benzene rings is 1. The summed E-state index contributed by atoms with van der Waals surface area (Å²) in [5.41, 5.74) is 1.30. The monoisotopic (exact) mass is 370 g/mol. The normalized spacial score (nSPS) is 11.0. The van der Waals surface area contributed by atoms with Crippen molar-refractivity contribution in [3.8, 4) is 5.69 Å². The standard InChI is InChI=1S/C18H15ClN4OS/c1-22(17(24)9-11-25-15-7-3-2-4-8-15)16-13-23(21-18(16)19)14-6-5-10-20-12-14/h2-13H,1H3/b11-9+. The third kappa shape index (κ3) is 4.29. The Hall–Kier alpha value is -2.57. The molecule has 0 bridgehead atoms. The molecule has 0 N–H and O–H groups in total. The lowest BCUT2D eigenvalue weighted by atomic mass is 10.4. The molecule has 2 aromatic heterocycles. The number of halogens is 1. The summed E-state index contributed by atoms with van der Waals surface area (Å²) in [6, 6.07) is 13.5. The number of likely N-dealkylation sites (N-methyl/N-ethyl adjacent to an activating group) is 1. The average Bonchev–Trinajstić information content (AvgIpc) is 3.04. The first kappa shape index (κ1) is 17.3. The first-order valence-electron chi connectivity index (χ1n) is 7.46. The lowest BCUT2D eigenvalue weighted by molar-refractivity contribution is -0.113. The van der Waals surface area contributed by atoms with Gasteiger partial charge in [-0.05, 0) is 29.7 Å². The van der Waals surface area contributed by atoms with Crippen LogP contribution in [0.2, 0.25) is 5.15 Å². The van der Waals surface area contributed by atoms with Gasteiger partial charge in [0.05, 0.1) is 18.1 Å². The van der Waals surface area contributed by atoms with Crippen LogP contribution < -0.4 is 4.90 Å². The molecule has 3 aromatic rings. The van der Waals surface area contributed by atoms with Crippen molar-refractivity contribution in [3.05, 3.63) is 77.7 Å². The highest BCUT2D eigenvalue weighted by Gasteiger charge is 2.16. The zero-order chi connectivity index (χ0) is 17.6. The fourth-order valence-corrected chi connectivity index (χ4v) is 3.00. The van der Waals surface area contributed by atoms with Crippen LogP contribution in [0.15, 0.2) is 77.4 Å². The zero-order valence-electron chi connectivity index (χ0n) is 13.4. The molecule has 1 aromatic carbocycles. The minimum absolute atomic E-state index is 0.184. The van der Waals surface area contributed by atoms with Gasteiger partial charge in [-0.15, -0.1) is 0 Å². The van der Waals surface area contributed by atoms with Gasteiger partial charge in [-0.1, -0.05) is 41.6 Å². The van der Waals surface area contributed by atoms with E-state index in [1.807, 2.05) is 42.5 Å². The molecule has 25 heavy (non-hydrogen) atoms. The second kappa shape index (κ2) is 8.00. The summed E-state index contributed by atoms with van der Waals surface area (Å²) >= 11 is 7.67. The van der Waals surface area contributed by atoms with Crippen LogP contribution in [0.4, 0.5) is 5.69 Å². The lowest BCUT2D eigenvalue weighted by Crippen LogP contribution is -2.23. The van der Waals surface area contributed by atoms with E-state index in [2.05, 4.69) is 10.1 Å². The highest BCUT2D eigenvalue weighted by atomic mass is 35.5. The van der Waals surface area contributed by atoms with Gasteiger partial charge in [0.1, 0.15) is 5.69 Å². The molecule has 5 nitrogen and oxygen atoms in total. The van der Waals surface area contributed by atoms with Crippen molar-refractivity contribution in [1.29, 1.82) is 0 Å². The lowest BCUT2D eigenvalue weighted by Gasteiger charge is -2.12. The number of hydrogen-bond acceptors (Lipinski definition) is 4. The van der Waals surface area contributed by atoms with Gasteiger partial charge < -0.3 is 4.90 Å². The molecule has 0 unspecified atom stereocenters. The van der Waals surface area contributed by atoms with Crippen molar-refractivity contribution < 1.29 is 4.79 Å². The Morgan fingerprint density at radius 2 is 2.04 bits per heavy atom. The summed E-state index contributed by atoms with van der Waals surface area (Å²) in [6.07, 6.45) is 6.57. The van der Waals surface area contributed by atoms with E-state index in [9.17, 15) is 4.79 Å². The SMILES string of the molecule is CN(C(=O)/C=C/Sc1ccccc1)c1cn(-c2cccnc2)nc1Cl. The quantitative estimate of drug-likeness (QED) is 0.499. The van der Waals surface area contributed by atoms with Gasteiger partial charge in [0, 0.05) is 24.2 Å². The topological polar surface area (TPSA) is 51.0 Å². The Balaban J connectivity index is 1.71. The first-order valence-corrected chi connectivity index (χ1v) is 8.72. The van der Waals surface area contributed by atoms with E-state index < -0.39 is 0 Å². The smallest absolute Gasteiger partial charge is 0.251 e. The summed E-state index contributed by atoms with van der Waals surface area (Å²) in [7, 11) is 1.66. The van der Waals surface area contributed by atoms with Crippen LogP contribution in [0, 0.1) is 0 Å². The van der Waals surface area contributed by atoms with Crippen molar-refractivity contribution in [2.24, 2.45) is 0 Å². The Morgan fingerprint density at radius 3 is 2.76 bits per heavy atom. The van der Waals surface area contributed by atoms with Crippen molar-refractivity contribution in [3.63, 3.8) is 0 Å². The maximum Gasteiger partial charge on any atom is 0.251 e. The van der Waals surface area contributed by atoms with E-state index in [-0.39, 0.29) is 11.1 Å². The number of carbonyl (C=O) groups excluding carboxylic acids is 1. The molecule has 0 aliphatic rings. The van der Waals surface area contributed by atoms with Crippen LogP contribution >= 0.6 is 23.4 Å². The van der Waals surface area contributed by atoms with Gasteiger partial charge in [-0.25, -0.2) is 4.68 Å². The molecule has 0 spiro atoms. The molecule has 0 fully saturated rings. The molecule has 3 rings (SSSR count). The fourth-order valence-electron chi connectivity index (χ4n) is 2.09. The van der Waals surface area contributed by atoms with Gasteiger partial charge in [-0.3, -0.25) is 9.78 Å². The van der Waals surface area contributed by atoms with Crippen molar-refractivity contribution in [2.45, 2.75) is 4.90 Å². The van der Waals surface area contributed by atoms with Crippen molar-refractivity contribution in [2.75, 3.05) is 11.9 Å². The van der Waals surface area contributed by atoms with Crippen LogP contribution in [0.3, 0.4) is 0 Å². The molecular weight excluding hydrogens is 356 g/mol. The largest absolute Gasteiger partial charge is 0.308 e. The Bertz CT molecular complexity index is 881. The second-order valence-electron chi connectivity index (χ2n) is 5.09. The summed E-state index contributed by atoms with van der Waals surface area (Å²) in [6.45, 7) is 0. The van der Waals surface area contributed by atoms with Crippen LogP contribution in [-0.2, 0) is 4.79 Å². The molecular formula is C18H15ClN4OS. The highest BCUT2D eigenvalue weighted by Crippen LogP contribution is 2.25. The summed E-state index contributed by atoms with van der Waals surface area (Å²) < 4.78 is 1.59. The second-order valence-corrected chi connectivity index (χ2v) is 6.43. The van der Waals surface area contributed by atoms with Crippen LogP contribution in [0.1, 0.15) is 0 Å². The van der Waals surface area contributed by atoms with E-state index in [1.54, 1.807) is 35.7 Å². The highest BCUT2D eigenvalue weighted by molar-refractivity contribution is 8.02.